The van der Waals surface area contributed by atoms with Gasteiger partial charge in [-0.25, -0.2) is 15.1 Å². The van der Waals surface area contributed by atoms with E-state index in [2.05, 4.69) is 15.3 Å². The Labute approximate surface area is 91.1 Å². The second-order valence-electron chi connectivity index (χ2n) is 2.91. The number of carbonyl (C=O) groups excluding carboxylic acids is 1. The zero-order valence-corrected chi connectivity index (χ0v) is 8.64. The molecule has 0 aliphatic rings. The van der Waals surface area contributed by atoms with Crippen molar-refractivity contribution in [3.8, 4) is 0 Å². The van der Waals surface area contributed by atoms with Crippen molar-refractivity contribution in [1.82, 2.24) is 20.6 Å². The molecule has 0 saturated heterocycles. The minimum absolute atomic E-state index is 0.277. The Morgan fingerprint density at radius 2 is 2.38 bits per heavy atom. The van der Waals surface area contributed by atoms with Gasteiger partial charge in [0.05, 0.1) is 12.2 Å². The van der Waals surface area contributed by atoms with Crippen LogP contribution in [0, 0.1) is 0 Å². The summed E-state index contributed by atoms with van der Waals surface area (Å²) in [6.07, 6.45) is 1.61. The molecule has 8 heteroatoms. The number of amides is 2. The number of aryl methyl sites for hydroxylation is 1. The van der Waals surface area contributed by atoms with E-state index in [0.29, 0.717) is 0 Å². The number of hydrogen-bond acceptors (Lipinski definition) is 4. The fourth-order valence-electron chi connectivity index (χ4n) is 0.945. The van der Waals surface area contributed by atoms with Gasteiger partial charge in [0, 0.05) is 13.2 Å². The van der Waals surface area contributed by atoms with Gasteiger partial charge in [-0.15, -0.1) is 0 Å². The molecule has 0 aromatic carbocycles. The molecule has 0 fully saturated rings. The number of aliphatic carboxylic acids is 1. The van der Waals surface area contributed by atoms with E-state index >= 15 is 0 Å². The van der Waals surface area contributed by atoms with Gasteiger partial charge in [0.25, 0.3) is 0 Å². The van der Waals surface area contributed by atoms with Gasteiger partial charge >= 0.3 is 12.0 Å². The zero-order valence-electron chi connectivity index (χ0n) is 8.64. The highest BCUT2D eigenvalue weighted by molar-refractivity contribution is 5.73. The minimum atomic E-state index is -1.16. The lowest BCUT2D eigenvalue weighted by atomic mass is 10.4. The lowest BCUT2D eigenvalue weighted by Crippen LogP contribution is -2.36. The van der Waals surface area contributed by atoms with E-state index in [1.54, 1.807) is 24.0 Å². The van der Waals surface area contributed by atoms with E-state index in [9.17, 15) is 9.59 Å². The fraction of sp³-hybridized carbons (Fsp3) is 0.375. The summed E-state index contributed by atoms with van der Waals surface area (Å²) in [4.78, 5) is 25.5. The summed E-state index contributed by atoms with van der Waals surface area (Å²) >= 11 is 0. The zero-order chi connectivity index (χ0) is 12.0. The average molecular weight is 228 g/mol. The van der Waals surface area contributed by atoms with Crippen LogP contribution in [0.25, 0.3) is 0 Å². The normalized spacial score (nSPS) is 9.81. The summed E-state index contributed by atoms with van der Waals surface area (Å²) in [5.74, 6) is -1.16. The molecular weight excluding hydrogens is 216 g/mol. The van der Waals surface area contributed by atoms with Crippen molar-refractivity contribution in [3.63, 3.8) is 0 Å². The number of hydrogen-bond donors (Lipinski definition) is 3. The number of carboxylic acids is 1. The van der Waals surface area contributed by atoms with Gasteiger partial charge in [-0.05, 0) is 6.07 Å². The SMILES string of the molecule is Cn1nccc1CNC(=O)NOCC(=O)O. The van der Waals surface area contributed by atoms with E-state index in [1.807, 2.05) is 5.48 Å². The molecule has 0 unspecified atom stereocenters. The number of rotatable bonds is 5. The Morgan fingerprint density at radius 3 is 2.94 bits per heavy atom. The molecule has 16 heavy (non-hydrogen) atoms. The summed E-state index contributed by atoms with van der Waals surface area (Å²) in [7, 11) is 1.75. The van der Waals surface area contributed by atoms with Crippen LogP contribution in [0.15, 0.2) is 12.3 Å². The fourth-order valence-corrected chi connectivity index (χ4v) is 0.945. The Morgan fingerprint density at radius 1 is 1.62 bits per heavy atom. The third-order valence-electron chi connectivity index (χ3n) is 1.71. The Bertz CT molecular complexity index is 376. The number of carbonyl (C=O) groups is 2. The molecule has 0 saturated carbocycles. The van der Waals surface area contributed by atoms with Crippen LogP contribution in [0.4, 0.5) is 4.79 Å². The first-order chi connectivity index (χ1) is 7.59. The van der Waals surface area contributed by atoms with Crippen LogP contribution in [0.1, 0.15) is 5.69 Å². The van der Waals surface area contributed by atoms with E-state index < -0.39 is 18.6 Å². The maximum atomic E-state index is 11.1. The molecular formula is C8H12N4O4. The third kappa shape index (κ3) is 3.96. The molecule has 0 aliphatic carbocycles. The van der Waals surface area contributed by atoms with E-state index in [4.69, 9.17) is 5.11 Å². The average Bonchev–Trinajstić information content (AvgIpc) is 2.60. The second-order valence-corrected chi connectivity index (χ2v) is 2.91. The Hall–Kier alpha value is -2.09. The van der Waals surface area contributed by atoms with Crippen LogP contribution >= 0.6 is 0 Å². The molecule has 1 aromatic heterocycles. The molecule has 0 spiro atoms. The van der Waals surface area contributed by atoms with Crippen LogP contribution in [0.3, 0.4) is 0 Å². The quantitative estimate of drug-likeness (QED) is 0.574. The third-order valence-corrected chi connectivity index (χ3v) is 1.71. The largest absolute Gasteiger partial charge is 0.479 e. The lowest BCUT2D eigenvalue weighted by Gasteiger charge is -2.06. The molecule has 0 bridgehead atoms. The topological polar surface area (TPSA) is 105 Å². The number of hydroxylamine groups is 1. The van der Waals surface area contributed by atoms with Crippen LogP contribution in [0.5, 0.6) is 0 Å². The monoisotopic (exact) mass is 228 g/mol. The molecule has 1 heterocycles. The summed E-state index contributed by atoms with van der Waals surface area (Å²) in [5, 5.41) is 14.6. The highest BCUT2D eigenvalue weighted by Crippen LogP contribution is 1.94. The number of nitrogens with zero attached hydrogens (tertiary/aromatic N) is 2. The van der Waals surface area contributed by atoms with Crippen LogP contribution in [0.2, 0.25) is 0 Å². The summed E-state index contributed by atoms with van der Waals surface area (Å²) in [5.41, 5.74) is 2.75. The Kier molecular flexibility index (Phi) is 4.28. The minimum Gasteiger partial charge on any atom is -0.479 e. The smallest absolute Gasteiger partial charge is 0.339 e. The molecule has 0 aliphatic heterocycles. The highest BCUT2D eigenvalue weighted by Gasteiger charge is 2.03. The summed E-state index contributed by atoms with van der Waals surface area (Å²) in [6.45, 7) is -0.308. The number of aromatic nitrogens is 2. The second kappa shape index (κ2) is 5.71. The van der Waals surface area contributed by atoms with Crippen LogP contribution < -0.4 is 10.8 Å². The summed E-state index contributed by atoms with van der Waals surface area (Å²) in [6, 6.07) is 1.14. The molecule has 0 atom stereocenters. The predicted molar refractivity (Wildman–Crippen MR) is 52.2 cm³/mol. The number of urea groups is 1. The van der Waals surface area contributed by atoms with Gasteiger partial charge in [0.1, 0.15) is 0 Å². The van der Waals surface area contributed by atoms with E-state index in [-0.39, 0.29) is 6.54 Å². The molecule has 1 rings (SSSR count). The first-order valence-electron chi connectivity index (χ1n) is 4.44. The summed E-state index contributed by atoms with van der Waals surface area (Å²) < 4.78 is 1.61. The van der Waals surface area contributed by atoms with Gasteiger partial charge in [0.15, 0.2) is 6.61 Å². The first kappa shape index (κ1) is 12.0. The number of nitrogens with one attached hydrogen (secondary N) is 2. The standard InChI is InChI=1S/C8H12N4O4/c1-12-6(2-3-10-12)4-9-8(15)11-16-5-7(13)14/h2-3H,4-5H2,1H3,(H,13,14)(H2,9,11,15). The highest BCUT2D eigenvalue weighted by atomic mass is 16.7. The van der Waals surface area contributed by atoms with Gasteiger partial charge in [0.2, 0.25) is 0 Å². The molecule has 3 N–H and O–H groups in total. The maximum Gasteiger partial charge on any atom is 0.339 e. The molecule has 88 valence electrons. The van der Waals surface area contributed by atoms with Gasteiger partial charge in [-0.1, -0.05) is 0 Å². The molecule has 1 aromatic rings. The predicted octanol–water partition coefficient (Wildman–Crippen LogP) is -0.764. The lowest BCUT2D eigenvalue weighted by molar-refractivity contribution is -0.144. The van der Waals surface area contributed by atoms with Crippen LogP contribution in [-0.4, -0.2) is 33.5 Å². The van der Waals surface area contributed by atoms with Crippen LogP contribution in [-0.2, 0) is 23.2 Å². The van der Waals surface area contributed by atoms with Crippen molar-refractivity contribution in [2.45, 2.75) is 6.54 Å². The van der Waals surface area contributed by atoms with Crippen molar-refractivity contribution >= 4 is 12.0 Å². The van der Waals surface area contributed by atoms with E-state index in [1.165, 1.54) is 0 Å². The van der Waals surface area contributed by atoms with Gasteiger partial charge < -0.3 is 10.4 Å². The maximum absolute atomic E-state index is 11.1. The van der Waals surface area contributed by atoms with Crippen molar-refractivity contribution in [2.24, 2.45) is 7.05 Å². The van der Waals surface area contributed by atoms with Crippen molar-refractivity contribution in [1.29, 1.82) is 0 Å². The van der Waals surface area contributed by atoms with E-state index in [0.717, 1.165) is 5.69 Å². The molecule has 0 radical (unpaired) electrons. The Balaban J connectivity index is 2.20. The van der Waals surface area contributed by atoms with Crippen molar-refractivity contribution in [2.75, 3.05) is 6.61 Å². The number of carboxylic acid groups (broad SMARTS) is 1. The van der Waals surface area contributed by atoms with Gasteiger partial charge in [-0.3, -0.25) is 9.52 Å². The van der Waals surface area contributed by atoms with Crippen molar-refractivity contribution in [3.05, 3.63) is 18.0 Å². The first-order valence-corrected chi connectivity index (χ1v) is 4.44. The molecule has 2 amide bonds. The van der Waals surface area contributed by atoms with Crippen molar-refractivity contribution < 1.29 is 19.5 Å². The molecule has 8 nitrogen and oxygen atoms in total. The van der Waals surface area contributed by atoms with Gasteiger partial charge in [-0.2, -0.15) is 5.10 Å².